The molecule has 0 amide bonds. The SMILES string of the molecule is CCOC(C)CNCc1cccc(C(F)(F)F)c1. The molecule has 1 rings (SSSR count). The first-order valence-corrected chi connectivity index (χ1v) is 5.92. The molecule has 1 aromatic rings. The van der Waals surface area contributed by atoms with Crippen LogP contribution < -0.4 is 5.32 Å². The topological polar surface area (TPSA) is 21.3 Å². The molecule has 0 fully saturated rings. The van der Waals surface area contributed by atoms with E-state index < -0.39 is 11.7 Å². The van der Waals surface area contributed by atoms with Crippen LogP contribution in [0, 0.1) is 0 Å². The van der Waals surface area contributed by atoms with E-state index in [4.69, 9.17) is 4.74 Å². The summed E-state index contributed by atoms with van der Waals surface area (Å²) < 4.78 is 42.8. The third kappa shape index (κ3) is 5.06. The minimum Gasteiger partial charge on any atom is -0.377 e. The maximum atomic E-state index is 12.5. The number of hydrogen-bond donors (Lipinski definition) is 1. The Morgan fingerprint density at radius 1 is 1.33 bits per heavy atom. The minimum absolute atomic E-state index is 0.0563. The van der Waals surface area contributed by atoms with Crippen molar-refractivity contribution in [2.24, 2.45) is 0 Å². The highest BCUT2D eigenvalue weighted by molar-refractivity contribution is 5.25. The first kappa shape index (κ1) is 15.0. The van der Waals surface area contributed by atoms with E-state index in [1.807, 2.05) is 13.8 Å². The van der Waals surface area contributed by atoms with Crippen LogP contribution >= 0.6 is 0 Å². The van der Waals surface area contributed by atoms with Crippen molar-refractivity contribution in [3.63, 3.8) is 0 Å². The van der Waals surface area contributed by atoms with E-state index in [1.165, 1.54) is 12.1 Å². The zero-order chi connectivity index (χ0) is 13.6. The average Bonchev–Trinajstić information content (AvgIpc) is 2.29. The maximum Gasteiger partial charge on any atom is 0.416 e. The Morgan fingerprint density at radius 2 is 2.06 bits per heavy atom. The third-order valence-corrected chi connectivity index (χ3v) is 2.47. The van der Waals surface area contributed by atoms with Crippen LogP contribution in [0.5, 0.6) is 0 Å². The number of ether oxygens (including phenoxy) is 1. The number of nitrogens with one attached hydrogen (secondary N) is 1. The van der Waals surface area contributed by atoms with Crippen molar-refractivity contribution < 1.29 is 17.9 Å². The van der Waals surface area contributed by atoms with Gasteiger partial charge < -0.3 is 10.1 Å². The number of alkyl halides is 3. The van der Waals surface area contributed by atoms with Crippen LogP contribution in [0.2, 0.25) is 0 Å². The molecule has 102 valence electrons. The molecule has 5 heteroatoms. The molecule has 2 nitrogen and oxygen atoms in total. The summed E-state index contributed by atoms with van der Waals surface area (Å²) in [6.45, 7) is 5.48. The monoisotopic (exact) mass is 261 g/mol. The average molecular weight is 261 g/mol. The molecule has 0 aromatic heterocycles. The first-order valence-electron chi connectivity index (χ1n) is 5.92. The molecule has 1 unspecified atom stereocenters. The highest BCUT2D eigenvalue weighted by Gasteiger charge is 2.30. The van der Waals surface area contributed by atoms with Gasteiger partial charge in [0.1, 0.15) is 0 Å². The van der Waals surface area contributed by atoms with Crippen LogP contribution in [0.3, 0.4) is 0 Å². The van der Waals surface area contributed by atoms with Crippen molar-refractivity contribution in [1.29, 1.82) is 0 Å². The largest absolute Gasteiger partial charge is 0.416 e. The van der Waals surface area contributed by atoms with Crippen LogP contribution in [0.4, 0.5) is 13.2 Å². The lowest BCUT2D eigenvalue weighted by Crippen LogP contribution is -2.26. The molecule has 0 bridgehead atoms. The van der Waals surface area contributed by atoms with Gasteiger partial charge in [-0.2, -0.15) is 13.2 Å². The van der Waals surface area contributed by atoms with Crippen molar-refractivity contribution in [3.05, 3.63) is 35.4 Å². The van der Waals surface area contributed by atoms with Crippen molar-refractivity contribution in [2.45, 2.75) is 32.7 Å². The lowest BCUT2D eigenvalue weighted by atomic mass is 10.1. The molecule has 0 saturated carbocycles. The molecule has 0 saturated heterocycles. The van der Waals surface area contributed by atoms with E-state index >= 15 is 0 Å². The highest BCUT2D eigenvalue weighted by Crippen LogP contribution is 2.29. The summed E-state index contributed by atoms with van der Waals surface area (Å²) in [5, 5.41) is 3.07. The van der Waals surface area contributed by atoms with E-state index in [9.17, 15) is 13.2 Å². The second kappa shape index (κ2) is 6.75. The van der Waals surface area contributed by atoms with Gasteiger partial charge in [-0.25, -0.2) is 0 Å². The van der Waals surface area contributed by atoms with E-state index in [2.05, 4.69) is 5.32 Å². The highest BCUT2D eigenvalue weighted by atomic mass is 19.4. The predicted octanol–water partition coefficient (Wildman–Crippen LogP) is 3.22. The summed E-state index contributed by atoms with van der Waals surface area (Å²) in [5.74, 6) is 0. The van der Waals surface area contributed by atoms with E-state index in [0.717, 1.165) is 6.07 Å². The fourth-order valence-electron chi connectivity index (χ4n) is 1.62. The third-order valence-electron chi connectivity index (χ3n) is 2.47. The fourth-order valence-corrected chi connectivity index (χ4v) is 1.62. The number of hydrogen-bond acceptors (Lipinski definition) is 2. The fraction of sp³-hybridized carbons (Fsp3) is 0.538. The number of rotatable bonds is 6. The molecule has 1 N–H and O–H groups in total. The minimum atomic E-state index is -4.28. The Bertz CT molecular complexity index is 365. The van der Waals surface area contributed by atoms with Gasteiger partial charge in [0, 0.05) is 19.7 Å². The van der Waals surface area contributed by atoms with E-state index in [-0.39, 0.29) is 6.10 Å². The quantitative estimate of drug-likeness (QED) is 0.849. The van der Waals surface area contributed by atoms with Gasteiger partial charge in [-0.1, -0.05) is 18.2 Å². The Morgan fingerprint density at radius 3 is 2.67 bits per heavy atom. The molecule has 0 aliphatic rings. The molecule has 0 aliphatic carbocycles. The number of halogens is 3. The lowest BCUT2D eigenvalue weighted by molar-refractivity contribution is -0.137. The Hall–Kier alpha value is -1.07. The van der Waals surface area contributed by atoms with Gasteiger partial charge in [0.05, 0.1) is 11.7 Å². The van der Waals surface area contributed by atoms with Crippen molar-refractivity contribution >= 4 is 0 Å². The number of benzene rings is 1. The molecular weight excluding hydrogens is 243 g/mol. The lowest BCUT2D eigenvalue weighted by Gasteiger charge is -2.13. The molecule has 1 atom stereocenters. The Kier molecular flexibility index (Phi) is 5.62. The van der Waals surface area contributed by atoms with Crippen LogP contribution in [-0.2, 0) is 17.5 Å². The van der Waals surface area contributed by atoms with Gasteiger partial charge >= 0.3 is 6.18 Å². The first-order chi connectivity index (χ1) is 8.43. The van der Waals surface area contributed by atoms with Gasteiger partial charge in [0.2, 0.25) is 0 Å². The zero-order valence-electron chi connectivity index (χ0n) is 10.6. The molecule has 0 radical (unpaired) electrons. The smallest absolute Gasteiger partial charge is 0.377 e. The Labute approximate surface area is 105 Å². The standard InChI is InChI=1S/C13H18F3NO/c1-3-18-10(2)8-17-9-11-5-4-6-12(7-11)13(14,15)16/h4-7,10,17H,3,8-9H2,1-2H3. The Balaban J connectivity index is 2.48. The van der Waals surface area contributed by atoms with Crippen LogP contribution in [0.25, 0.3) is 0 Å². The summed E-state index contributed by atoms with van der Waals surface area (Å²) in [6, 6.07) is 5.34. The molecule has 0 heterocycles. The molecule has 1 aromatic carbocycles. The normalized spacial score (nSPS) is 13.6. The second-order valence-corrected chi connectivity index (χ2v) is 4.09. The molecular formula is C13H18F3NO. The molecule has 18 heavy (non-hydrogen) atoms. The van der Waals surface area contributed by atoms with Gasteiger partial charge in [-0.05, 0) is 25.5 Å². The van der Waals surface area contributed by atoms with E-state index in [1.54, 1.807) is 6.07 Å². The van der Waals surface area contributed by atoms with Crippen molar-refractivity contribution in [3.8, 4) is 0 Å². The van der Waals surface area contributed by atoms with Crippen molar-refractivity contribution in [1.82, 2.24) is 5.32 Å². The maximum absolute atomic E-state index is 12.5. The molecule has 0 spiro atoms. The van der Waals surface area contributed by atoms with Gasteiger partial charge in [-0.15, -0.1) is 0 Å². The van der Waals surface area contributed by atoms with Gasteiger partial charge in [0.25, 0.3) is 0 Å². The van der Waals surface area contributed by atoms with Gasteiger partial charge in [-0.3, -0.25) is 0 Å². The van der Waals surface area contributed by atoms with E-state index in [0.29, 0.717) is 25.3 Å². The second-order valence-electron chi connectivity index (χ2n) is 4.09. The van der Waals surface area contributed by atoms with Gasteiger partial charge in [0.15, 0.2) is 0 Å². The van der Waals surface area contributed by atoms with Crippen LogP contribution in [0.15, 0.2) is 24.3 Å². The van der Waals surface area contributed by atoms with Crippen LogP contribution in [-0.4, -0.2) is 19.3 Å². The van der Waals surface area contributed by atoms with Crippen LogP contribution in [0.1, 0.15) is 25.0 Å². The summed E-state index contributed by atoms with van der Waals surface area (Å²) in [5.41, 5.74) is 0.00757. The summed E-state index contributed by atoms with van der Waals surface area (Å²) in [6.07, 6.45) is -4.23. The van der Waals surface area contributed by atoms with Crippen molar-refractivity contribution in [2.75, 3.05) is 13.2 Å². The summed E-state index contributed by atoms with van der Waals surface area (Å²) >= 11 is 0. The zero-order valence-corrected chi connectivity index (χ0v) is 10.6. The summed E-state index contributed by atoms with van der Waals surface area (Å²) in [4.78, 5) is 0. The predicted molar refractivity (Wildman–Crippen MR) is 64.2 cm³/mol. The summed E-state index contributed by atoms with van der Waals surface area (Å²) in [7, 11) is 0. The molecule has 0 aliphatic heterocycles.